The summed E-state index contributed by atoms with van der Waals surface area (Å²) in [5, 5.41) is 0. The van der Waals surface area contributed by atoms with E-state index in [0.29, 0.717) is 36.0 Å². The molecule has 4 rings (SSSR count). The number of aryl methyl sites for hydroxylation is 1. The van der Waals surface area contributed by atoms with E-state index in [2.05, 4.69) is 11.1 Å². The maximum absolute atomic E-state index is 12.4. The monoisotopic (exact) mass is 443 g/mol. The summed E-state index contributed by atoms with van der Waals surface area (Å²) in [5.41, 5.74) is 3.83. The highest BCUT2D eigenvalue weighted by atomic mass is 16.6. The summed E-state index contributed by atoms with van der Waals surface area (Å²) < 4.78 is 22.5. The average molecular weight is 443 g/mol. The van der Waals surface area contributed by atoms with Crippen molar-refractivity contribution in [2.24, 2.45) is 4.99 Å². The minimum absolute atomic E-state index is 0.201. The lowest BCUT2D eigenvalue weighted by Gasteiger charge is -2.13. The van der Waals surface area contributed by atoms with Gasteiger partial charge in [0.2, 0.25) is 5.90 Å². The molecular formula is C27H25NO5. The summed E-state index contributed by atoms with van der Waals surface area (Å²) in [6.07, 6.45) is 1.66. The normalized spacial score (nSPS) is 14.1. The molecule has 0 saturated heterocycles. The number of nitrogens with zero attached hydrogens (tertiary/aromatic N) is 1. The summed E-state index contributed by atoms with van der Waals surface area (Å²) in [6, 6.07) is 20.9. The SMILES string of the molecule is CCOc1cc(C=C2N=C(c3ccccc3OC)OC2=O)ccc1OCc1cccc(C)c1. The molecule has 3 aromatic carbocycles. The molecule has 0 fully saturated rings. The van der Waals surface area contributed by atoms with Crippen LogP contribution in [0.4, 0.5) is 0 Å². The Kier molecular flexibility index (Phi) is 6.74. The molecule has 0 atom stereocenters. The standard InChI is InChI=1S/C27H25NO5/c1-4-31-25-16-19(12-13-24(25)32-17-20-9-7-8-18(2)14-20)15-22-27(29)33-26(28-22)21-10-5-6-11-23(21)30-3/h5-16H,4,17H2,1-3H3. The Morgan fingerprint density at radius 3 is 2.58 bits per heavy atom. The number of cyclic esters (lactones) is 1. The van der Waals surface area contributed by atoms with Crippen molar-refractivity contribution in [3.63, 3.8) is 0 Å². The van der Waals surface area contributed by atoms with Gasteiger partial charge in [-0.1, -0.05) is 48.0 Å². The zero-order chi connectivity index (χ0) is 23.2. The van der Waals surface area contributed by atoms with Crippen LogP contribution in [-0.4, -0.2) is 25.6 Å². The molecule has 33 heavy (non-hydrogen) atoms. The molecule has 0 aromatic heterocycles. The molecule has 0 unspecified atom stereocenters. The lowest BCUT2D eigenvalue weighted by atomic mass is 10.1. The highest BCUT2D eigenvalue weighted by Gasteiger charge is 2.26. The van der Waals surface area contributed by atoms with Crippen LogP contribution in [0.5, 0.6) is 17.2 Å². The van der Waals surface area contributed by atoms with Crippen molar-refractivity contribution in [3.05, 3.63) is 94.7 Å². The minimum Gasteiger partial charge on any atom is -0.496 e. The van der Waals surface area contributed by atoms with Crippen LogP contribution in [0, 0.1) is 6.92 Å². The van der Waals surface area contributed by atoms with Crippen LogP contribution in [0.3, 0.4) is 0 Å². The second-order valence-corrected chi connectivity index (χ2v) is 7.45. The van der Waals surface area contributed by atoms with E-state index in [9.17, 15) is 4.79 Å². The van der Waals surface area contributed by atoms with Crippen molar-refractivity contribution in [2.75, 3.05) is 13.7 Å². The van der Waals surface area contributed by atoms with Crippen LogP contribution >= 0.6 is 0 Å². The fraction of sp³-hybridized carbons (Fsp3) is 0.185. The Hall–Kier alpha value is -4.06. The first kappa shape index (κ1) is 22.1. The van der Waals surface area contributed by atoms with E-state index in [0.717, 1.165) is 11.1 Å². The van der Waals surface area contributed by atoms with Crippen molar-refractivity contribution in [1.82, 2.24) is 0 Å². The van der Waals surface area contributed by atoms with E-state index in [1.54, 1.807) is 25.3 Å². The Morgan fingerprint density at radius 1 is 0.939 bits per heavy atom. The van der Waals surface area contributed by atoms with E-state index < -0.39 is 5.97 Å². The number of rotatable bonds is 8. The molecule has 6 heteroatoms. The third-order valence-electron chi connectivity index (χ3n) is 5.01. The second kappa shape index (κ2) is 10.0. The number of aliphatic imine (C=N–C) groups is 1. The van der Waals surface area contributed by atoms with Gasteiger partial charge in [-0.25, -0.2) is 9.79 Å². The number of ether oxygens (including phenoxy) is 4. The molecule has 1 heterocycles. The molecule has 0 aliphatic carbocycles. The third kappa shape index (κ3) is 5.23. The molecule has 0 amide bonds. The number of esters is 1. The second-order valence-electron chi connectivity index (χ2n) is 7.45. The predicted molar refractivity (Wildman–Crippen MR) is 127 cm³/mol. The summed E-state index contributed by atoms with van der Waals surface area (Å²) in [4.78, 5) is 16.8. The highest BCUT2D eigenvalue weighted by molar-refractivity contribution is 6.13. The first-order valence-electron chi connectivity index (χ1n) is 10.7. The zero-order valence-electron chi connectivity index (χ0n) is 18.8. The van der Waals surface area contributed by atoms with Gasteiger partial charge in [0, 0.05) is 0 Å². The molecule has 0 spiro atoms. The van der Waals surface area contributed by atoms with Crippen LogP contribution < -0.4 is 14.2 Å². The zero-order valence-corrected chi connectivity index (χ0v) is 18.8. The number of hydrogen-bond acceptors (Lipinski definition) is 6. The molecule has 3 aromatic rings. The number of benzene rings is 3. The van der Waals surface area contributed by atoms with Crippen LogP contribution in [0.25, 0.3) is 6.08 Å². The average Bonchev–Trinajstić information content (AvgIpc) is 3.18. The molecule has 6 nitrogen and oxygen atoms in total. The molecule has 0 radical (unpaired) electrons. The molecule has 1 aliphatic rings. The smallest absolute Gasteiger partial charge is 0.363 e. The van der Waals surface area contributed by atoms with E-state index in [-0.39, 0.29) is 11.6 Å². The van der Waals surface area contributed by atoms with Crippen LogP contribution in [-0.2, 0) is 16.1 Å². The largest absolute Gasteiger partial charge is 0.496 e. The highest BCUT2D eigenvalue weighted by Crippen LogP contribution is 2.31. The Balaban J connectivity index is 1.57. The summed E-state index contributed by atoms with van der Waals surface area (Å²) in [6.45, 7) is 4.88. The van der Waals surface area contributed by atoms with Gasteiger partial charge in [0.15, 0.2) is 17.2 Å². The molecule has 0 N–H and O–H groups in total. The van der Waals surface area contributed by atoms with Gasteiger partial charge in [-0.05, 0) is 55.3 Å². The number of methoxy groups -OCH3 is 1. The van der Waals surface area contributed by atoms with Gasteiger partial charge in [0.25, 0.3) is 0 Å². The quantitative estimate of drug-likeness (QED) is 0.348. The van der Waals surface area contributed by atoms with Gasteiger partial charge in [-0.15, -0.1) is 0 Å². The van der Waals surface area contributed by atoms with E-state index in [4.69, 9.17) is 18.9 Å². The number of para-hydroxylation sites is 1. The maximum atomic E-state index is 12.4. The lowest BCUT2D eigenvalue weighted by Crippen LogP contribution is -2.06. The molecule has 0 bridgehead atoms. The van der Waals surface area contributed by atoms with Crippen LogP contribution in [0.1, 0.15) is 29.2 Å². The van der Waals surface area contributed by atoms with Crippen molar-refractivity contribution < 1.29 is 23.7 Å². The molecule has 0 saturated carbocycles. The number of carbonyl (C=O) groups excluding carboxylic acids is 1. The fourth-order valence-corrected chi connectivity index (χ4v) is 3.47. The Bertz CT molecular complexity index is 1230. The predicted octanol–water partition coefficient (Wildman–Crippen LogP) is 5.33. The first-order valence-corrected chi connectivity index (χ1v) is 10.7. The Morgan fingerprint density at radius 2 is 1.79 bits per heavy atom. The van der Waals surface area contributed by atoms with Crippen molar-refractivity contribution in [2.45, 2.75) is 20.5 Å². The number of carbonyl (C=O) groups is 1. The molecule has 168 valence electrons. The Labute approximate surface area is 193 Å². The summed E-state index contributed by atoms with van der Waals surface area (Å²) >= 11 is 0. The van der Waals surface area contributed by atoms with Gasteiger partial charge >= 0.3 is 5.97 Å². The lowest BCUT2D eigenvalue weighted by molar-refractivity contribution is -0.129. The van der Waals surface area contributed by atoms with Gasteiger partial charge in [-0.2, -0.15) is 0 Å². The third-order valence-corrected chi connectivity index (χ3v) is 5.01. The van der Waals surface area contributed by atoms with Gasteiger partial charge in [-0.3, -0.25) is 0 Å². The van der Waals surface area contributed by atoms with Crippen LogP contribution in [0.2, 0.25) is 0 Å². The van der Waals surface area contributed by atoms with E-state index in [1.165, 1.54) is 5.56 Å². The van der Waals surface area contributed by atoms with Crippen molar-refractivity contribution in [1.29, 1.82) is 0 Å². The first-order chi connectivity index (χ1) is 16.1. The van der Waals surface area contributed by atoms with Gasteiger partial charge in [0.1, 0.15) is 12.4 Å². The summed E-state index contributed by atoms with van der Waals surface area (Å²) in [5.74, 6) is 1.51. The van der Waals surface area contributed by atoms with Crippen molar-refractivity contribution >= 4 is 17.9 Å². The maximum Gasteiger partial charge on any atom is 0.363 e. The fourth-order valence-electron chi connectivity index (χ4n) is 3.47. The molecule has 1 aliphatic heterocycles. The van der Waals surface area contributed by atoms with E-state index >= 15 is 0 Å². The number of hydrogen-bond donors (Lipinski definition) is 0. The van der Waals surface area contributed by atoms with Gasteiger partial charge < -0.3 is 18.9 Å². The van der Waals surface area contributed by atoms with Gasteiger partial charge in [0.05, 0.1) is 19.3 Å². The minimum atomic E-state index is -0.520. The summed E-state index contributed by atoms with van der Waals surface area (Å²) in [7, 11) is 1.56. The topological polar surface area (TPSA) is 66.3 Å². The molecular weight excluding hydrogens is 418 g/mol. The van der Waals surface area contributed by atoms with E-state index in [1.807, 2.05) is 62.4 Å². The van der Waals surface area contributed by atoms with Crippen LogP contribution in [0.15, 0.2) is 77.4 Å². The van der Waals surface area contributed by atoms with Crippen molar-refractivity contribution in [3.8, 4) is 17.2 Å².